The second kappa shape index (κ2) is 6.73. The Bertz CT molecular complexity index is 617. The van der Waals surface area contributed by atoms with Gasteiger partial charge in [-0.2, -0.15) is 4.31 Å². The zero-order valence-corrected chi connectivity index (χ0v) is 12.8. The molecule has 0 heterocycles. The first-order valence-electron chi connectivity index (χ1n) is 5.59. The molecule has 1 aromatic rings. The van der Waals surface area contributed by atoms with Crippen LogP contribution in [-0.2, 0) is 10.0 Å². The van der Waals surface area contributed by atoms with Gasteiger partial charge in [0, 0.05) is 18.1 Å². The van der Waals surface area contributed by atoms with Crippen molar-refractivity contribution in [3.8, 4) is 0 Å². The van der Waals surface area contributed by atoms with Crippen molar-refractivity contribution in [2.24, 2.45) is 0 Å². The first kappa shape index (κ1) is 17.2. The second-order valence-electron chi connectivity index (χ2n) is 3.79. The van der Waals surface area contributed by atoms with E-state index in [1.54, 1.807) is 6.92 Å². The number of carboxylic acid groups (broad SMARTS) is 1. The van der Waals surface area contributed by atoms with Gasteiger partial charge >= 0.3 is 5.97 Å². The third-order valence-electron chi connectivity index (χ3n) is 2.55. The molecule has 6 nitrogen and oxygen atoms in total. The van der Waals surface area contributed by atoms with Gasteiger partial charge in [0.1, 0.15) is 4.90 Å². The van der Waals surface area contributed by atoms with E-state index < -0.39 is 26.6 Å². The number of carbonyl (C=O) groups is 1. The fraction of sp³-hybridized carbons (Fsp3) is 0.364. The monoisotopic (exact) mass is 341 g/mol. The van der Waals surface area contributed by atoms with Crippen molar-refractivity contribution in [2.45, 2.75) is 11.8 Å². The highest BCUT2D eigenvalue weighted by atomic mass is 35.5. The molecule has 9 heteroatoms. The van der Waals surface area contributed by atoms with Crippen molar-refractivity contribution in [2.75, 3.05) is 19.7 Å². The Morgan fingerprint density at radius 2 is 1.95 bits per heavy atom. The molecule has 0 atom stereocenters. The lowest BCUT2D eigenvalue weighted by Crippen LogP contribution is -2.33. The molecule has 0 saturated carbocycles. The van der Waals surface area contributed by atoms with Crippen LogP contribution in [0.5, 0.6) is 0 Å². The number of nitrogens with zero attached hydrogens (tertiary/aromatic N) is 1. The molecule has 1 rings (SSSR count). The predicted octanol–water partition coefficient (Wildman–Crippen LogP) is 1.69. The van der Waals surface area contributed by atoms with Crippen molar-refractivity contribution in [1.82, 2.24) is 4.31 Å². The number of hydrogen-bond donors (Lipinski definition) is 2. The van der Waals surface area contributed by atoms with Crippen molar-refractivity contribution in [3.63, 3.8) is 0 Å². The van der Waals surface area contributed by atoms with Crippen LogP contribution in [0.2, 0.25) is 10.0 Å². The molecule has 0 radical (unpaired) electrons. The van der Waals surface area contributed by atoms with Crippen LogP contribution < -0.4 is 0 Å². The maximum absolute atomic E-state index is 12.4. The molecule has 2 N–H and O–H groups in total. The largest absolute Gasteiger partial charge is 0.478 e. The minimum Gasteiger partial charge on any atom is -0.478 e. The minimum atomic E-state index is -4.03. The van der Waals surface area contributed by atoms with Gasteiger partial charge in [-0.15, -0.1) is 0 Å². The number of likely N-dealkylation sites (N-methyl/N-ethyl adjacent to an activating group) is 1. The summed E-state index contributed by atoms with van der Waals surface area (Å²) in [5.41, 5.74) is -0.391. The fourth-order valence-corrected chi connectivity index (χ4v) is 3.92. The summed E-state index contributed by atoms with van der Waals surface area (Å²) in [5.74, 6) is -1.38. The number of aliphatic hydroxyl groups excluding tert-OH is 1. The van der Waals surface area contributed by atoms with Crippen LogP contribution in [0.3, 0.4) is 0 Å². The van der Waals surface area contributed by atoms with E-state index in [9.17, 15) is 13.2 Å². The van der Waals surface area contributed by atoms with Crippen molar-refractivity contribution >= 4 is 39.2 Å². The lowest BCUT2D eigenvalue weighted by atomic mass is 10.2. The molecule has 0 aliphatic rings. The third kappa shape index (κ3) is 3.42. The molecule has 0 bridgehead atoms. The highest BCUT2D eigenvalue weighted by molar-refractivity contribution is 7.89. The van der Waals surface area contributed by atoms with E-state index in [-0.39, 0.29) is 29.6 Å². The summed E-state index contributed by atoms with van der Waals surface area (Å²) in [6.07, 6.45) is 0. The zero-order chi connectivity index (χ0) is 15.5. The highest BCUT2D eigenvalue weighted by Crippen LogP contribution is 2.31. The molecule has 0 amide bonds. The lowest BCUT2D eigenvalue weighted by molar-refractivity contribution is 0.0697. The van der Waals surface area contributed by atoms with Gasteiger partial charge in [-0.25, -0.2) is 13.2 Å². The van der Waals surface area contributed by atoms with Crippen LogP contribution in [-0.4, -0.2) is 48.6 Å². The van der Waals surface area contributed by atoms with Gasteiger partial charge in [-0.05, 0) is 12.1 Å². The summed E-state index contributed by atoms with van der Waals surface area (Å²) in [6, 6.07) is 2.17. The molecule has 0 aliphatic heterocycles. The predicted molar refractivity (Wildman–Crippen MR) is 74.9 cm³/mol. The molecule has 0 spiro atoms. The smallest absolute Gasteiger partial charge is 0.337 e. The molecule has 0 unspecified atom stereocenters. The molecule has 1 aromatic carbocycles. The Hall–Kier alpha value is -0.860. The topological polar surface area (TPSA) is 94.9 Å². The molecule has 0 aliphatic carbocycles. The molecule has 0 aromatic heterocycles. The summed E-state index contributed by atoms with van der Waals surface area (Å²) in [5, 5.41) is 17.4. The van der Waals surface area contributed by atoms with Crippen LogP contribution in [0, 0.1) is 0 Å². The summed E-state index contributed by atoms with van der Waals surface area (Å²) in [6.45, 7) is 1.21. The number of aliphatic hydroxyl groups is 1. The van der Waals surface area contributed by atoms with Crippen molar-refractivity contribution < 1.29 is 23.4 Å². The summed E-state index contributed by atoms with van der Waals surface area (Å²) >= 11 is 11.6. The molecule has 20 heavy (non-hydrogen) atoms. The van der Waals surface area contributed by atoms with Crippen LogP contribution in [0.4, 0.5) is 0 Å². The van der Waals surface area contributed by atoms with E-state index in [1.165, 1.54) is 0 Å². The van der Waals surface area contributed by atoms with Gasteiger partial charge in [0.05, 0.1) is 17.2 Å². The van der Waals surface area contributed by atoms with Gasteiger partial charge in [0.2, 0.25) is 10.0 Å². The van der Waals surface area contributed by atoms with E-state index >= 15 is 0 Å². The second-order valence-corrected chi connectivity index (χ2v) is 6.51. The Kier molecular flexibility index (Phi) is 5.79. The number of halogens is 2. The van der Waals surface area contributed by atoms with Gasteiger partial charge < -0.3 is 10.2 Å². The normalized spacial score (nSPS) is 11.8. The fourth-order valence-electron chi connectivity index (χ4n) is 1.61. The minimum absolute atomic E-state index is 0.0505. The number of hydrogen-bond acceptors (Lipinski definition) is 4. The number of rotatable bonds is 6. The van der Waals surface area contributed by atoms with E-state index in [4.69, 9.17) is 33.4 Å². The first-order chi connectivity index (χ1) is 9.25. The van der Waals surface area contributed by atoms with Crippen LogP contribution in [0.15, 0.2) is 17.0 Å². The van der Waals surface area contributed by atoms with Crippen LogP contribution in [0.1, 0.15) is 17.3 Å². The van der Waals surface area contributed by atoms with Gasteiger partial charge in [0.15, 0.2) is 0 Å². The average Bonchev–Trinajstić information content (AvgIpc) is 2.37. The summed E-state index contributed by atoms with van der Waals surface area (Å²) < 4.78 is 25.7. The summed E-state index contributed by atoms with van der Waals surface area (Å²) in [4.78, 5) is 10.6. The maximum atomic E-state index is 12.4. The zero-order valence-electron chi connectivity index (χ0n) is 10.5. The van der Waals surface area contributed by atoms with Gasteiger partial charge in [0.25, 0.3) is 0 Å². The van der Waals surface area contributed by atoms with Gasteiger partial charge in [-0.1, -0.05) is 30.1 Å². The molecular formula is C11H13Cl2NO5S. The van der Waals surface area contributed by atoms with Crippen LogP contribution in [0.25, 0.3) is 0 Å². The van der Waals surface area contributed by atoms with Crippen molar-refractivity contribution in [3.05, 3.63) is 27.7 Å². The Morgan fingerprint density at radius 1 is 1.35 bits per heavy atom. The maximum Gasteiger partial charge on any atom is 0.337 e. The summed E-state index contributed by atoms with van der Waals surface area (Å²) in [7, 11) is -4.03. The van der Waals surface area contributed by atoms with Crippen LogP contribution >= 0.6 is 23.2 Å². The van der Waals surface area contributed by atoms with E-state index in [0.717, 1.165) is 16.4 Å². The highest BCUT2D eigenvalue weighted by Gasteiger charge is 2.28. The lowest BCUT2D eigenvalue weighted by Gasteiger charge is -2.20. The van der Waals surface area contributed by atoms with Crippen molar-refractivity contribution in [1.29, 1.82) is 0 Å². The van der Waals surface area contributed by atoms with E-state index in [2.05, 4.69) is 0 Å². The number of carboxylic acids is 1. The Balaban J connectivity index is 3.49. The van der Waals surface area contributed by atoms with E-state index in [1.807, 2.05) is 0 Å². The first-order valence-corrected chi connectivity index (χ1v) is 7.78. The third-order valence-corrected chi connectivity index (χ3v) is 5.29. The number of benzene rings is 1. The van der Waals surface area contributed by atoms with Gasteiger partial charge in [-0.3, -0.25) is 0 Å². The quantitative estimate of drug-likeness (QED) is 0.820. The Labute approximate surface area is 126 Å². The standard InChI is InChI=1S/C11H13Cl2NO5S/c1-2-14(3-4-15)20(18,19)9-6-7(12)5-8(10(9)13)11(16)17/h5-6,15H,2-4H2,1H3,(H,16,17). The number of sulfonamides is 1. The van der Waals surface area contributed by atoms with E-state index in [0.29, 0.717) is 0 Å². The molecular weight excluding hydrogens is 329 g/mol. The number of aromatic carboxylic acids is 1. The Morgan fingerprint density at radius 3 is 2.40 bits per heavy atom. The molecule has 0 saturated heterocycles. The average molecular weight is 342 g/mol. The molecule has 0 fully saturated rings. The molecule has 112 valence electrons. The SMILES string of the molecule is CCN(CCO)S(=O)(=O)c1cc(Cl)cc(C(=O)O)c1Cl.